The van der Waals surface area contributed by atoms with E-state index in [0.29, 0.717) is 5.41 Å². The first kappa shape index (κ1) is 11.0. The summed E-state index contributed by atoms with van der Waals surface area (Å²) in [6, 6.07) is 0. The fraction of sp³-hybridized carbons (Fsp3) is 1.00. The molecule has 0 spiro atoms. The Balaban J connectivity index is 2.29. The summed E-state index contributed by atoms with van der Waals surface area (Å²) in [5.41, 5.74) is 6.14. The van der Waals surface area contributed by atoms with Crippen LogP contribution < -0.4 is 11.1 Å². The van der Waals surface area contributed by atoms with Crippen LogP contribution in [0.5, 0.6) is 0 Å². The summed E-state index contributed by atoms with van der Waals surface area (Å²) in [6.07, 6.45) is 3.41. The molecule has 0 aliphatic carbocycles. The standard InChI is InChI=1S/C10H22N2O/c1-2-5-12-9-10(8-11)3-6-13-7-4-10/h12H,2-9,11H2,1H3. The lowest BCUT2D eigenvalue weighted by Gasteiger charge is -2.36. The van der Waals surface area contributed by atoms with Crippen LogP contribution in [0.15, 0.2) is 0 Å². The minimum absolute atomic E-state index is 0.313. The highest BCUT2D eigenvalue weighted by molar-refractivity contribution is 4.84. The number of nitrogens with two attached hydrogens (primary N) is 1. The summed E-state index contributed by atoms with van der Waals surface area (Å²) in [5.74, 6) is 0. The fourth-order valence-electron chi connectivity index (χ4n) is 1.79. The zero-order chi connectivity index (χ0) is 9.57. The van der Waals surface area contributed by atoms with Crippen LogP contribution in [-0.4, -0.2) is 32.8 Å². The average molecular weight is 186 g/mol. The lowest BCUT2D eigenvalue weighted by molar-refractivity contribution is 0.0193. The van der Waals surface area contributed by atoms with E-state index < -0.39 is 0 Å². The van der Waals surface area contributed by atoms with Crippen molar-refractivity contribution in [2.75, 3.05) is 32.8 Å². The van der Waals surface area contributed by atoms with Crippen LogP contribution in [0.25, 0.3) is 0 Å². The molecule has 0 amide bonds. The number of rotatable bonds is 5. The van der Waals surface area contributed by atoms with Gasteiger partial charge >= 0.3 is 0 Å². The Labute approximate surface area is 81.0 Å². The molecule has 0 aromatic heterocycles. The molecule has 0 atom stereocenters. The van der Waals surface area contributed by atoms with Crippen LogP contribution in [0.4, 0.5) is 0 Å². The van der Waals surface area contributed by atoms with Crippen molar-refractivity contribution in [2.45, 2.75) is 26.2 Å². The largest absolute Gasteiger partial charge is 0.381 e. The van der Waals surface area contributed by atoms with Crippen molar-refractivity contribution in [3.05, 3.63) is 0 Å². The van der Waals surface area contributed by atoms with Crippen LogP contribution in [0.2, 0.25) is 0 Å². The highest BCUT2D eigenvalue weighted by atomic mass is 16.5. The first-order chi connectivity index (χ1) is 6.33. The molecule has 0 radical (unpaired) electrons. The Morgan fingerprint density at radius 3 is 2.62 bits per heavy atom. The zero-order valence-corrected chi connectivity index (χ0v) is 8.64. The molecule has 0 unspecified atom stereocenters. The molecule has 1 fully saturated rings. The van der Waals surface area contributed by atoms with Crippen molar-refractivity contribution in [3.8, 4) is 0 Å². The van der Waals surface area contributed by atoms with Crippen LogP contribution in [0, 0.1) is 5.41 Å². The van der Waals surface area contributed by atoms with Gasteiger partial charge in [0.2, 0.25) is 0 Å². The second-order valence-corrected chi connectivity index (χ2v) is 3.99. The second kappa shape index (κ2) is 5.58. The minimum atomic E-state index is 0.313. The summed E-state index contributed by atoms with van der Waals surface area (Å²) in [4.78, 5) is 0. The van der Waals surface area contributed by atoms with Gasteiger partial charge in [-0.1, -0.05) is 6.92 Å². The van der Waals surface area contributed by atoms with Gasteiger partial charge in [0, 0.05) is 19.8 Å². The van der Waals surface area contributed by atoms with Crippen LogP contribution in [0.1, 0.15) is 26.2 Å². The topological polar surface area (TPSA) is 47.3 Å². The Morgan fingerprint density at radius 2 is 2.08 bits per heavy atom. The van der Waals surface area contributed by atoms with Gasteiger partial charge in [0.15, 0.2) is 0 Å². The van der Waals surface area contributed by atoms with E-state index in [9.17, 15) is 0 Å². The van der Waals surface area contributed by atoms with Crippen LogP contribution in [0.3, 0.4) is 0 Å². The lowest BCUT2D eigenvalue weighted by Crippen LogP contribution is -2.44. The fourth-order valence-corrected chi connectivity index (χ4v) is 1.79. The van der Waals surface area contributed by atoms with Crippen LogP contribution >= 0.6 is 0 Å². The number of ether oxygens (including phenoxy) is 1. The monoisotopic (exact) mass is 186 g/mol. The van der Waals surface area contributed by atoms with E-state index in [0.717, 1.165) is 45.7 Å². The highest BCUT2D eigenvalue weighted by Gasteiger charge is 2.30. The third-order valence-corrected chi connectivity index (χ3v) is 2.91. The summed E-state index contributed by atoms with van der Waals surface area (Å²) in [5, 5.41) is 3.46. The molecule has 0 saturated carbocycles. The number of nitrogens with one attached hydrogen (secondary N) is 1. The Bertz CT molecular complexity index is 133. The van der Waals surface area contributed by atoms with E-state index in [2.05, 4.69) is 12.2 Å². The predicted molar refractivity (Wildman–Crippen MR) is 54.7 cm³/mol. The van der Waals surface area contributed by atoms with Crippen LogP contribution in [-0.2, 0) is 4.74 Å². The summed E-state index contributed by atoms with van der Waals surface area (Å²) in [6.45, 7) is 6.89. The summed E-state index contributed by atoms with van der Waals surface area (Å²) in [7, 11) is 0. The third kappa shape index (κ3) is 3.25. The maximum absolute atomic E-state index is 5.82. The van der Waals surface area contributed by atoms with Crippen molar-refractivity contribution in [2.24, 2.45) is 11.1 Å². The smallest absolute Gasteiger partial charge is 0.0472 e. The molecule has 3 N–H and O–H groups in total. The lowest BCUT2D eigenvalue weighted by atomic mass is 9.80. The molecule has 0 aromatic rings. The van der Waals surface area contributed by atoms with E-state index in [-0.39, 0.29) is 0 Å². The molecule has 1 heterocycles. The molecule has 3 nitrogen and oxygen atoms in total. The van der Waals surface area contributed by atoms with Crippen molar-refractivity contribution in [1.29, 1.82) is 0 Å². The highest BCUT2D eigenvalue weighted by Crippen LogP contribution is 2.28. The first-order valence-corrected chi connectivity index (χ1v) is 5.31. The Kier molecular flexibility index (Phi) is 4.70. The quantitative estimate of drug-likeness (QED) is 0.623. The zero-order valence-electron chi connectivity index (χ0n) is 8.64. The number of hydrogen-bond acceptors (Lipinski definition) is 3. The maximum atomic E-state index is 5.82. The van der Waals surface area contributed by atoms with Gasteiger partial charge in [0.05, 0.1) is 0 Å². The van der Waals surface area contributed by atoms with Gasteiger partial charge < -0.3 is 15.8 Å². The molecule has 3 heteroatoms. The molecular formula is C10H22N2O. The molecule has 1 aliphatic rings. The van der Waals surface area contributed by atoms with Crippen molar-refractivity contribution >= 4 is 0 Å². The Morgan fingerprint density at radius 1 is 1.38 bits per heavy atom. The number of hydrogen-bond donors (Lipinski definition) is 2. The van der Waals surface area contributed by atoms with E-state index in [1.807, 2.05) is 0 Å². The summed E-state index contributed by atoms with van der Waals surface area (Å²) < 4.78 is 5.35. The normalized spacial score (nSPS) is 21.7. The van der Waals surface area contributed by atoms with Gasteiger partial charge in [-0.3, -0.25) is 0 Å². The van der Waals surface area contributed by atoms with Gasteiger partial charge in [0.1, 0.15) is 0 Å². The Hall–Kier alpha value is -0.120. The molecule has 1 rings (SSSR count). The molecule has 13 heavy (non-hydrogen) atoms. The van der Waals surface area contributed by atoms with Gasteiger partial charge in [-0.25, -0.2) is 0 Å². The average Bonchev–Trinajstić information content (AvgIpc) is 2.20. The molecule has 0 bridgehead atoms. The SMILES string of the molecule is CCCNCC1(CN)CCOCC1. The molecule has 0 aromatic carbocycles. The van der Waals surface area contributed by atoms with Gasteiger partial charge in [-0.05, 0) is 37.8 Å². The van der Waals surface area contributed by atoms with Crippen molar-refractivity contribution in [3.63, 3.8) is 0 Å². The van der Waals surface area contributed by atoms with E-state index in [4.69, 9.17) is 10.5 Å². The molecular weight excluding hydrogens is 164 g/mol. The minimum Gasteiger partial charge on any atom is -0.381 e. The third-order valence-electron chi connectivity index (χ3n) is 2.91. The van der Waals surface area contributed by atoms with Gasteiger partial charge in [-0.2, -0.15) is 0 Å². The second-order valence-electron chi connectivity index (χ2n) is 3.99. The van der Waals surface area contributed by atoms with E-state index in [1.54, 1.807) is 0 Å². The predicted octanol–water partition coefficient (Wildman–Crippen LogP) is 0.741. The van der Waals surface area contributed by atoms with E-state index in [1.165, 1.54) is 6.42 Å². The van der Waals surface area contributed by atoms with Gasteiger partial charge in [-0.15, -0.1) is 0 Å². The first-order valence-electron chi connectivity index (χ1n) is 5.31. The maximum Gasteiger partial charge on any atom is 0.0472 e. The summed E-state index contributed by atoms with van der Waals surface area (Å²) >= 11 is 0. The molecule has 78 valence electrons. The molecule has 1 saturated heterocycles. The van der Waals surface area contributed by atoms with Gasteiger partial charge in [0.25, 0.3) is 0 Å². The van der Waals surface area contributed by atoms with E-state index >= 15 is 0 Å². The van der Waals surface area contributed by atoms with Crippen molar-refractivity contribution < 1.29 is 4.74 Å². The van der Waals surface area contributed by atoms with Crippen molar-refractivity contribution in [1.82, 2.24) is 5.32 Å². The molecule has 1 aliphatic heterocycles.